The second kappa shape index (κ2) is 4.91. The predicted molar refractivity (Wildman–Crippen MR) is 43.1 cm³/mol. The summed E-state index contributed by atoms with van der Waals surface area (Å²) >= 11 is 0. The Morgan fingerprint density at radius 1 is 1.58 bits per heavy atom. The van der Waals surface area contributed by atoms with E-state index in [4.69, 9.17) is 9.94 Å². The van der Waals surface area contributed by atoms with E-state index in [0.29, 0.717) is 13.2 Å². The van der Waals surface area contributed by atoms with Crippen LogP contribution in [0, 0.1) is 0 Å². The van der Waals surface area contributed by atoms with Crippen LogP contribution in [0.5, 0.6) is 0 Å². The van der Waals surface area contributed by atoms with Gasteiger partial charge in [0.15, 0.2) is 0 Å². The molecule has 1 aliphatic rings. The molecule has 0 aromatic carbocycles. The van der Waals surface area contributed by atoms with Crippen molar-refractivity contribution in [2.75, 3.05) is 19.8 Å². The maximum absolute atomic E-state index is 9.01. The van der Waals surface area contributed by atoms with Crippen LogP contribution in [-0.2, 0) is 4.74 Å². The molecule has 0 fully saturated rings. The monoisotopic (exact) mass is 174 g/mol. The average Bonchev–Trinajstić information content (AvgIpc) is 2.46. The molecule has 6 heteroatoms. The van der Waals surface area contributed by atoms with E-state index in [1.165, 1.54) is 11.3 Å². The van der Waals surface area contributed by atoms with Gasteiger partial charge in [-0.1, -0.05) is 6.92 Å². The van der Waals surface area contributed by atoms with Crippen LogP contribution < -0.4 is 5.53 Å². The van der Waals surface area contributed by atoms with Gasteiger partial charge in [-0.2, -0.15) is 5.53 Å². The molecular weight excluding hydrogens is 160 g/mol. The fraction of sp³-hybridized carbons (Fsp3) is 0.833. The second-order valence-corrected chi connectivity index (χ2v) is 2.41. The largest absolute Gasteiger partial charge is 0.380 e. The standard InChI is InChI=1S/C6H14N4O2/c1-2-4-12-5-3-9-6-7-8-10(9)11/h6,8,11H,2-5H2,1H3. The van der Waals surface area contributed by atoms with E-state index in [1.54, 1.807) is 0 Å². The highest BCUT2D eigenvalue weighted by molar-refractivity contribution is 5.54. The van der Waals surface area contributed by atoms with Crippen molar-refractivity contribution in [2.24, 2.45) is 5.10 Å². The van der Waals surface area contributed by atoms with Crippen LogP contribution >= 0.6 is 0 Å². The Hall–Kier alpha value is -0.850. The van der Waals surface area contributed by atoms with Crippen LogP contribution in [0.15, 0.2) is 5.10 Å². The molecular formula is C6H14N4O2. The molecule has 0 saturated heterocycles. The summed E-state index contributed by atoms with van der Waals surface area (Å²) in [6.07, 6.45) is 2.50. The number of ether oxygens (including phenoxy) is 1. The quantitative estimate of drug-likeness (QED) is 0.564. The molecule has 0 radical (unpaired) electrons. The average molecular weight is 174 g/mol. The molecule has 1 aliphatic heterocycles. The Labute approximate surface area is 71.3 Å². The molecule has 0 aromatic heterocycles. The van der Waals surface area contributed by atoms with Crippen molar-refractivity contribution in [3.63, 3.8) is 0 Å². The first-order valence-corrected chi connectivity index (χ1v) is 3.96. The van der Waals surface area contributed by atoms with Crippen molar-refractivity contribution in [1.82, 2.24) is 15.8 Å². The van der Waals surface area contributed by atoms with Gasteiger partial charge in [-0.15, -0.1) is 5.10 Å². The first-order valence-electron chi connectivity index (χ1n) is 3.96. The molecule has 6 nitrogen and oxygen atoms in total. The number of hydrogen-bond donors (Lipinski definition) is 2. The number of nitrogens with zero attached hydrogens (tertiary/aromatic N) is 3. The number of hydrogen-bond acceptors (Lipinski definition) is 6. The van der Waals surface area contributed by atoms with Gasteiger partial charge in [-0.05, 0) is 6.42 Å². The summed E-state index contributed by atoms with van der Waals surface area (Å²) in [6.45, 7) is 3.98. The summed E-state index contributed by atoms with van der Waals surface area (Å²) < 4.78 is 5.22. The molecule has 0 amide bonds. The number of hydrazone groups is 1. The lowest BCUT2D eigenvalue weighted by molar-refractivity contribution is -0.238. The van der Waals surface area contributed by atoms with Gasteiger partial charge in [0.05, 0.1) is 13.2 Å². The van der Waals surface area contributed by atoms with E-state index in [-0.39, 0.29) is 0 Å². The third kappa shape index (κ3) is 2.65. The topological polar surface area (TPSA) is 60.3 Å². The molecule has 0 spiro atoms. The highest BCUT2D eigenvalue weighted by Gasteiger charge is 2.12. The van der Waals surface area contributed by atoms with Crippen LogP contribution in [0.3, 0.4) is 0 Å². The van der Waals surface area contributed by atoms with Gasteiger partial charge < -0.3 is 4.74 Å². The second-order valence-electron chi connectivity index (χ2n) is 2.41. The predicted octanol–water partition coefficient (Wildman–Crippen LogP) is -0.217. The molecule has 0 aromatic rings. The van der Waals surface area contributed by atoms with Crippen molar-refractivity contribution in [2.45, 2.75) is 13.3 Å². The Bertz CT molecular complexity index is 152. The normalized spacial score (nSPS) is 17.0. The first-order chi connectivity index (χ1) is 5.84. The zero-order valence-electron chi connectivity index (χ0n) is 7.10. The molecule has 70 valence electrons. The third-order valence-electron chi connectivity index (χ3n) is 1.39. The van der Waals surface area contributed by atoms with Crippen molar-refractivity contribution in [1.29, 1.82) is 0 Å². The molecule has 0 unspecified atom stereocenters. The highest BCUT2D eigenvalue weighted by atomic mass is 16.6. The fourth-order valence-corrected chi connectivity index (χ4v) is 0.807. The summed E-state index contributed by atoms with van der Waals surface area (Å²) in [5, 5.41) is 15.0. The Kier molecular flexibility index (Phi) is 3.78. The molecule has 1 heterocycles. The van der Waals surface area contributed by atoms with Crippen molar-refractivity contribution in [3.8, 4) is 0 Å². The summed E-state index contributed by atoms with van der Waals surface area (Å²) in [5.74, 6) is 0. The first kappa shape index (κ1) is 9.24. The van der Waals surface area contributed by atoms with E-state index in [1.807, 2.05) is 0 Å². The van der Waals surface area contributed by atoms with Gasteiger partial charge in [-0.25, -0.2) is 5.01 Å². The maximum atomic E-state index is 9.01. The third-order valence-corrected chi connectivity index (χ3v) is 1.39. The van der Waals surface area contributed by atoms with Gasteiger partial charge in [0.25, 0.3) is 0 Å². The van der Waals surface area contributed by atoms with Gasteiger partial charge in [0.2, 0.25) is 0 Å². The molecule has 0 atom stereocenters. The van der Waals surface area contributed by atoms with Crippen LogP contribution in [-0.4, -0.2) is 41.6 Å². The fourth-order valence-electron chi connectivity index (χ4n) is 0.807. The lowest BCUT2D eigenvalue weighted by atomic mass is 10.5. The van der Waals surface area contributed by atoms with E-state index in [0.717, 1.165) is 18.3 Å². The number of hydrazine groups is 2. The molecule has 2 N–H and O–H groups in total. The molecule has 0 aliphatic carbocycles. The SMILES string of the molecule is CCCOCCN1C=NNN1O. The minimum atomic E-state index is 0.582. The summed E-state index contributed by atoms with van der Waals surface area (Å²) in [4.78, 5) is 0. The Morgan fingerprint density at radius 3 is 3.00 bits per heavy atom. The van der Waals surface area contributed by atoms with E-state index in [2.05, 4.69) is 17.6 Å². The summed E-state index contributed by atoms with van der Waals surface area (Å²) in [6, 6.07) is 0. The number of rotatable bonds is 5. The Balaban J connectivity index is 2.02. The zero-order valence-corrected chi connectivity index (χ0v) is 7.10. The van der Waals surface area contributed by atoms with Crippen LogP contribution in [0.25, 0.3) is 0 Å². The van der Waals surface area contributed by atoms with Gasteiger partial charge in [-0.3, -0.25) is 5.21 Å². The minimum absolute atomic E-state index is 0.582. The van der Waals surface area contributed by atoms with Crippen molar-refractivity contribution >= 4 is 6.34 Å². The van der Waals surface area contributed by atoms with E-state index >= 15 is 0 Å². The lowest BCUT2D eigenvalue weighted by Gasteiger charge is -2.19. The number of nitrogens with one attached hydrogen (secondary N) is 1. The molecule has 0 bridgehead atoms. The van der Waals surface area contributed by atoms with E-state index in [9.17, 15) is 0 Å². The van der Waals surface area contributed by atoms with Crippen LogP contribution in [0.2, 0.25) is 0 Å². The van der Waals surface area contributed by atoms with Crippen molar-refractivity contribution in [3.05, 3.63) is 0 Å². The molecule has 12 heavy (non-hydrogen) atoms. The highest BCUT2D eigenvalue weighted by Crippen LogP contribution is 1.93. The Morgan fingerprint density at radius 2 is 2.42 bits per heavy atom. The van der Waals surface area contributed by atoms with Gasteiger partial charge >= 0.3 is 0 Å². The van der Waals surface area contributed by atoms with E-state index < -0.39 is 0 Å². The molecule has 1 rings (SSSR count). The summed E-state index contributed by atoms with van der Waals surface area (Å²) in [5.41, 5.74) is 2.34. The smallest absolute Gasteiger partial charge is 0.130 e. The maximum Gasteiger partial charge on any atom is 0.130 e. The van der Waals surface area contributed by atoms with Gasteiger partial charge in [0, 0.05) is 11.9 Å². The summed E-state index contributed by atoms with van der Waals surface area (Å²) in [7, 11) is 0. The lowest BCUT2D eigenvalue weighted by Crippen LogP contribution is -2.41. The molecule has 0 saturated carbocycles. The van der Waals surface area contributed by atoms with Gasteiger partial charge in [0.1, 0.15) is 6.34 Å². The minimum Gasteiger partial charge on any atom is -0.380 e. The van der Waals surface area contributed by atoms with Crippen LogP contribution in [0.4, 0.5) is 0 Å². The van der Waals surface area contributed by atoms with Crippen molar-refractivity contribution < 1.29 is 9.94 Å². The zero-order chi connectivity index (χ0) is 8.81. The van der Waals surface area contributed by atoms with Crippen LogP contribution in [0.1, 0.15) is 13.3 Å².